The summed E-state index contributed by atoms with van der Waals surface area (Å²) in [6.07, 6.45) is 1.80. The molecule has 1 unspecified atom stereocenters. The van der Waals surface area contributed by atoms with Crippen LogP contribution in [0.15, 0.2) is 35.2 Å². The van der Waals surface area contributed by atoms with E-state index >= 15 is 0 Å². The highest BCUT2D eigenvalue weighted by molar-refractivity contribution is 7.86. The lowest BCUT2D eigenvalue weighted by atomic mass is 9.48. The fourth-order valence-electron chi connectivity index (χ4n) is 3.41. The van der Waals surface area contributed by atoms with E-state index in [9.17, 15) is 9.00 Å². The van der Waals surface area contributed by atoms with E-state index in [1.165, 1.54) is 0 Å². The molecule has 3 heteroatoms. The molecule has 4 atom stereocenters. The third-order valence-electron chi connectivity index (χ3n) is 4.86. The third-order valence-corrected chi connectivity index (χ3v) is 6.54. The summed E-state index contributed by atoms with van der Waals surface area (Å²) in [5.41, 5.74) is 0.133. The molecule has 96 valence electrons. The van der Waals surface area contributed by atoms with Crippen LogP contribution in [0.4, 0.5) is 0 Å². The maximum atomic E-state index is 12.5. The monoisotopic (exact) mass is 262 g/mol. The van der Waals surface area contributed by atoms with Gasteiger partial charge in [-0.15, -0.1) is 0 Å². The maximum Gasteiger partial charge on any atom is 0.152 e. The lowest BCUT2D eigenvalue weighted by Crippen LogP contribution is -2.58. The first-order valence-corrected chi connectivity index (χ1v) is 7.72. The van der Waals surface area contributed by atoms with Crippen molar-refractivity contribution in [2.45, 2.75) is 36.8 Å². The first kappa shape index (κ1) is 12.1. The topological polar surface area (TPSA) is 34.1 Å². The highest BCUT2D eigenvalue weighted by Gasteiger charge is 2.58. The van der Waals surface area contributed by atoms with Gasteiger partial charge >= 0.3 is 0 Å². The molecule has 0 heterocycles. The van der Waals surface area contributed by atoms with Gasteiger partial charge in [-0.3, -0.25) is 9.00 Å². The second-order valence-electron chi connectivity index (χ2n) is 6.04. The van der Waals surface area contributed by atoms with E-state index < -0.39 is 10.8 Å². The Morgan fingerprint density at radius 2 is 1.83 bits per heavy atom. The van der Waals surface area contributed by atoms with E-state index in [2.05, 4.69) is 13.8 Å². The van der Waals surface area contributed by atoms with Crippen LogP contribution < -0.4 is 0 Å². The second-order valence-corrected chi connectivity index (χ2v) is 7.68. The molecule has 3 aliphatic carbocycles. The first-order chi connectivity index (χ1) is 8.51. The summed E-state index contributed by atoms with van der Waals surface area (Å²) in [5.74, 6) is 0.927. The van der Waals surface area contributed by atoms with E-state index in [0.29, 0.717) is 5.92 Å². The summed E-state index contributed by atoms with van der Waals surface area (Å²) in [6, 6.07) is 9.38. The molecule has 0 amide bonds. The van der Waals surface area contributed by atoms with Gasteiger partial charge in [0.2, 0.25) is 0 Å². The largest absolute Gasteiger partial charge is 0.298 e. The van der Waals surface area contributed by atoms with Crippen LogP contribution in [0.1, 0.15) is 26.7 Å². The summed E-state index contributed by atoms with van der Waals surface area (Å²) >= 11 is 0. The lowest BCUT2D eigenvalue weighted by molar-refractivity contribution is -0.147. The molecule has 0 aliphatic heterocycles. The summed E-state index contributed by atoms with van der Waals surface area (Å²) in [7, 11) is -1.17. The van der Waals surface area contributed by atoms with Crippen LogP contribution in [0.2, 0.25) is 0 Å². The number of carbonyl (C=O) groups excluding carboxylic acids is 1. The van der Waals surface area contributed by atoms with Gasteiger partial charge in [-0.1, -0.05) is 32.0 Å². The van der Waals surface area contributed by atoms with Gasteiger partial charge in [-0.2, -0.15) is 0 Å². The molecular formula is C15H18O2S. The minimum atomic E-state index is -1.17. The summed E-state index contributed by atoms with van der Waals surface area (Å²) < 4.78 is 12.5. The van der Waals surface area contributed by atoms with Crippen molar-refractivity contribution in [1.82, 2.24) is 0 Å². The van der Waals surface area contributed by atoms with Gasteiger partial charge in [0, 0.05) is 10.8 Å². The zero-order valence-corrected chi connectivity index (χ0v) is 11.6. The number of fused-ring (bicyclic) bond motifs is 2. The van der Waals surface area contributed by atoms with Crippen LogP contribution in [0.3, 0.4) is 0 Å². The lowest BCUT2D eigenvalue weighted by Gasteiger charge is -2.57. The molecule has 0 aromatic heterocycles. The van der Waals surface area contributed by atoms with Crippen molar-refractivity contribution < 1.29 is 9.00 Å². The molecule has 2 nitrogen and oxygen atoms in total. The molecule has 3 fully saturated rings. The van der Waals surface area contributed by atoms with Gasteiger partial charge in [0.1, 0.15) is 0 Å². The number of carbonyl (C=O) groups is 1. The van der Waals surface area contributed by atoms with Crippen LogP contribution in [0.5, 0.6) is 0 Å². The average Bonchev–Trinajstić information content (AvgIpc) is 2.38. The number of Topliss-reactive ketones (excluding diaryl/α,β-unsaturated/α-hetero) is 1. The maximum absolute atomic E-state index is 12.5. The average molecular weight is 262 g/mol. The Hall–Kier alpha value is -0.960. The van der Waals surface area contributed by atoms with Gasteiger partial charge in [0.25, 0.3) is 0 Å². The molecule has 18 heavy (non-hydrogen) atoms. The predicted molar refractivity (Wildman–Crippen MR) is 71.6 cm³/mol. The normalized spacial score (nSPS) is 34.8. The molecule has 3 saturated carbocycles. The predicted octanol–water partition coefficient (Wildman–Crippen LogP) is 2.80. The van der Waals surface area contributed by atoms with Crippen LogP contribution in [-0.2, 0) is 15.6 Å². The van der Waals surface area contributed by atoms with E-state index in [0.717, 1.165) is 17.7 Å². The van der Waals surface area contributed by atoms with Crippen molar-refractivity contribution in [3.8, 4) is 0 Å². The molecule has 0 spiro atoms. The Bertz CT molecular complexity index is 506. The number of hydrogen-bond donors (Lipinski definition) is 0. The highest BCUT2D eigenvalue weighted by Crippen LogP contribution is 2.58. The third kappa shape index (κ3) is 1.60. The fourth-order valence-corrected chi connectivity index (χ4v) is 4.95. The van der Waals surface area contributed by atoms with Gasteiger partial charge in [0.15, 0.2) is 5.78 Å². The highest BCUT2D eigenvalue weighted by atomic mass is 32.2. The smallest absolute Gasteiger partial charge is 0.152 e. The van der Waals surface area contributed by atoms with Crippen molar-refractivity contribution >= 4 is 16.6 Å². The number of hydrogen-bond acceptors (Lipinski definition) is 2. The molecule has 0 saturated heterocycles. The van der Waals surface area contributed by atoms with Gasteiger partial charge < -0.3 is 0 Å². The molecule has 3 aliphatic rings. The van der Waals surface area contributed by atoms with E-state index in [4.69, 9.17) is 0 Å². The van der Waals surface area contributed by atoms with Crippen LogP contribution >= 0.6 is 0 Å². The zero-order valence-electron chi connectivity index (χ0n) is 10.8. The van der Waals surface area contributed by atoms with Crippen molar-refractivity contribution in [2.24, 2.45) is 17.3 Å². The standard InChI is InChI=1S/C15H18O2S/c1-15(2)10-8-12(15)14(16)13(9-10)18(17)11-6-4-3-5-7-11/h3-7,10,12-13H,8-9H2,1-2H3/t10-,12-,13-,18?/m0/s1. The molecule has 1 aromatic rings. The SMILES string of the molecule is CC1(C)[C@@H]2C[C@H](S(=O)c3ccccc3)C(=O)[C@@H]1C2. The van der Waals surface area contributed by atoms with Gasteiger partial charge in [-0.05, 0) is 36.3 Å². The number of rotatable bonds is 2. The zero-order chi connectivity index (χ0) is 12.9. The quantitative estimate of drug-likeness (QED) is 0.821. The van der Waals surface area contributed by atoms with E-state index in [1.807, 2.05) is 30.3 Å². The van der Waals surface area contributed by atoms with Gasteiger partial charge in [0.05, 0.1) is 16.0 Å². The van der Waals surface area contributed by atoms with Crippen molar-refractivity contribution in [3.63, 3.8) is 0 Å². The van der Waals surface area contributed by atoms with E-state index in [-0.39, 0.29) is 22.4 Å². The van der Waals surface area contributed by atoms with Crippen molar-refractivity contribution in [1.29, 1.82) is 0 Å². The summed E-state index contributed by atoms with van der Waals surface area (Å²) in [4.78, 5) is 13.2. The number of benzene rings is 1. The molecule has 2 bridgehead atoms. The minimum absolute atomic E-state index is 0.133. The molecule has 1 aromatic carbocycles. The Morgan fingerprint density at radius 3 is 2.39 bits per heavy atom. The Kier molecular flexibility index (Phi) is 2.70. The van der Waals surface area contributed by atoms with E-state index in [1.54, 1.807) is 0 Å². The molecule has 0 N–H and O–H groups in total. The minimum Gasteiger partial charge on any atom is -0.298 e. The van der Waals surface area contributed by atoms with Crippen LogP contribution in [0.25, 0.3) is 0 Å². The van der Waals surface area contributed by atoms with Crippen molar-refractivity contribution in [3.05, 3.63) is 30.3 Å². The Morgan fingerprint density at radius 1 is 1.17 bits per heavy atom. The second kappa shape index (κ2) is 4.02. The van der Waals surface area contributed by atoms with Crippen LogP contribution in [0, 0.1) is 17.3 Å². The van der Waals surface area contributed by atoms with Crippen molar-refractivity contribution in [2.75, 3.05) is 0 Å². The summed E-state index contributed by atoms with van der Waals surface area (Å²) in [5, 5.41) is -0.274. The fraction of sp³-hybridized carbons (Fsp3) is 0.533. The molecule has 4 rings (SSSR count). The Labute approximate surface area is 110 Å². The molecule has 0 radical (unpaired) electrons. The van der Waals surface area contributed by atoms with Crippen LogP contribution in [-0.4, -0.2) is 15.2 Å². The number of ketones is 1. The van der Waals surface area contributed by atoms with Gasteiger partial charge in [-0.25, -0.2) is 0 Å². The molecular weight excluding hydrogens is 244 g/mol. The Balaban J connectivity index is 1.84. The summed E-state index contributed by atoms with van der Waals surface area (Å²) in [6.45, 7) is 4.34. The first-order valence-electron chi connectivity index (χ1n) is 6.51.